The maximum atomic E-state index is 13.3. The molecule has 33 heavy (non-hydrogen) atoms. The SMILES string of the molecule is CO/N=C/CNC(=O)c1cc(Br)cc(Br)c1NC(=O)c1cc(OC)nn1-c1ncccc1Cl. The number of ether oxygens (including phenoxy) is 1. The Bertz CT molecular complexity index is 1220. The van der Waals surface area contributed by atoms with Crippen molar-refractivity contribution in [3.63, 3.8) is 0 Å². The van der Waals surface area contributed by atoms with Crippen LogP contribution in [-0.2, 0) is 4.84 Å². The van der Waals surface area contributed by atoms with Crippen molar-refractivity contribution in [1.29, 1.82) is 0 Å². The zero-order valence-corrected chi connectivity index (χ0v) is 21.2. The Morgan fingerprint density at radius 3 is 2.73 bits per heavy atom. The molecule has 0 saturated carbocycles. The van der Waals surface area contributed by atoms with Gasteiger partial charge in [-0.15, -0.1) is 5.10 Å². The van der Waals surface area contributed by atoms with E-state index in [-0.39, 0.29) is 35.2 Å². The normalized spacial score (nSPS) is 10.8. The topological polar surface area (TPSA) is 120 Å². The van der Waals surface area contributed by atoms with Gasteiger partial charge in [-0.25, -0.2) is 9.67 Å². The summed E-state index contributed by atoms with van der Waals surface area (Å²) in [5, 5.41) is 13.5. The minimum atomic E-state index is -0.564. The summed E-state index contributed by atoms with van der Waals surface area (Å²) >= 11 is 13.0. The molecule has 2 heterocycles. The Kier molecular flexibility index (Phi) is 8.42. The van der Waals surface area contributed by atoms with Crippen LogP contribution < -0.4 is 15.4 Å². The molecule has 0 aliphatic rings. The third-order valence-corrected chi connectivity index (χ3v) is 5.52. The van der Waals surface area contributed by atoms with Gasteiger partial charge in [0.05, 0.1) is 36.1 Å². The summed E-state index contributed by atoms with van der Waals surface area (Å²) in [4.78, 5) is 34.8. The molecule has 0 unspecified atom stereocenters. The highest BCUT2D eigenvalue weighted by molar-refractivity contribution is 9.11. The molecular formula is C20H17Br2ClN6O4. The Hall–Kier alpha value is -2.96. The predicted octanol–water partition coefficient (Wildman–Crippen LogP) is 4.07. The quantitative estimate of drug-likeness (QED) is 0.297. The average molecular weight is 601 g/mol. The second-order valence-electron chi connectivity index (χ2n) is 6.24. The molecule has 0 saturated heterocycles. The molecule has 2 N–H and O–H groups in total. The van der Waals surface area contributed by atoms with E-state index in [4.69, 9.17) is 16.3 Å². The van der Waals surface area contributed by atoms with Gasteiger partial charge in [-0.1, -0.05) is 32.7 Å². The maximum absolute atomic E-state index is 13.3. The summed E-state index contributed by atoms with van der Waals surface area (Å²) in [5.41, 5.74) is 0.563. The maximum Gasteiger partial charge on any atom is 0.274 e. The number of oxime groups is 1. The van der Waals surface area contributed by atoms with Crippen LogP contribution in [0.2, 0.25) is 5.02 Å². The molecule has 13 heteroatoms. The molecule has 0 atom stereocenters. The number of halogens is 3. The van der Waals surface area contributed by atoms with Crippen LogP contribution in [-0.4, -0.2) is 53.6 Å². The van der Waals surface area contributed by atoms with Gasteiger partial charge >= 0.3 is 0 Å². The van der Waals surface area contributed by atoms with Crippen molar-refractivity contribution in [1.82, 2.24) is 20.1 Å². The second kappa shape index (κ2) is 11.3. The molecule has 2 amide bonds. The smallest absolute Gasteiger partial charge is 0.274 e. The molecular weight excluding hydrogens is 584 g/mol. The second-order valence-corrected chi connectivity index (χ2v) is 8.41. The number of aromatic nitrogens is 3. The van der Waals surface area contributed by atoms with Gasteiger partial charge in [0.25, 0.3) is 11.8 Å². The van der Waals surface area contributed by atoms with Crippen LogP contribution in [0.1, 0.15) is 20.8 Å². The lowest BCUT2D eigenvalue weighted by atomic mass is 10.1. The van der Waals surface area contributed by atoms with Crippen LogP contribution in [0.3, 0.4) is 0 Å². The lowest BCUT2D eigenvalue weighted by molar-refractivity contribution is 0.0960. The summed E-state index contributed by atoms with van der Waals surface area (Å²) in [6.45, 7) is 0.131. The van der Waals surface area contributed by atoms with Gasteiger partial charge in [-0.05, 0) is 40.2 Å². The number of nitrogens with one attached hydrogen (secondary N) is 2. The number of nitrogens with zero attached hydrogens (tertiary/aromatic N) is 4. The number of rotatable bonds is 8. The number of hydrogen-bond acceptors (Lipinski definition) is 7. The van der Waals surface area contributed by atoms with Crippen LogP contribution in [0.5, 0.6) is 5.88 Å². The highest BCUT2D eigenvalue weighted by Crippen LogP contribution is 2.32. The molecule has 10 nitrogen and oxygen atoms in total. The molecule has 3 aromatic rings. The van der Waals surface area contributed by atoms with Crippen molar-refractivity contribution < 1.29 is 19.2 Å². The van der Waals surface area contributed by atoms with E-state index in [1.807, 2.05) is 0 Å². The Labute approximate surface area is 210 Å². The number of pyridine rings is 1. The van der Waals surface area contributed by atoms with Crippen molar-refractivity contribution in [2.45, 2.75) is 0 Å². The zero-order valence-electron chi connectivity index (χ0n) is 17.3. The van der Waals surface area contributed by atoms with E-state index in [9.17, 15) is 9.59 Å². The van der Waals surface area contributed by atoms with Gasteiger partial charge < -0.3 is 20.2 Å². The monoisotopic (exact) mass is 598 g/mol. The van der Waals surface area contributed by atoms with Gasteiger partial charge in [0.1, 0.15) is 12.8 Å². The zero-order chi connectivity index (χ0) is 24.0. The van der Waals surface area contributed by atoms with E-state index in [1.165, 1.54) is 37.4 Å². The molecule has 0 aliphatic carbocycles. The fourth-order valence-electron chi connectivity index (χ4n) is 2.72. The first kappa shape index (κ1) is 24.7. The predicted molar refractivity (Wildman–Crippen MR) is 131 cm³/mol. The molecule has 0 radical (unpaired) electrons. The lowest BCUT2D eigenvalue weighted by Crippen LogP contribution is -2.27. The van der Waals surface area contributed by atoms with Crippen molar-refractivity contribution >= 4 is 67.2 Å². The summed E-state index contributed by atoms with van der Waals surface area (Å²) in [6, 6.07) is 8.00. The van der Waals surface area contributed by atoms with Crippen LogP contribution in [0, 0.1) is 0 Å². The summed E-state index contributed by atoms with van der Waals surface area (Å²) < 4.78 is 7.56. The molecule has 2 aromatic heterocycles. The fraction of sp³-hybridized carbons (Fsp3) is 0.150. The Morgan fingerprint density at radius 1 is 1.24 bits per heavy atom. The molecule has 0 fully saturated rings. The molecule has 0 aliphatic heterocycles. The number of carbonyl (C=O) groups is 2. The Morgan fingerprint density at radius 2 is 2.03 bits per heavy atom. The van der Waals surface area contributed by atoms with Crippen molar-refractivity contribution in [3.8, 4) is 11.7 Å². The van der Waals surface area contributed by atoms with E-state index in [0.29, 0.717) is 14.0 Å². The fourth-order valence-corrected chi connectivity index (χ4v) is 4.24. The lowest BCUT2D eigenvalue weighted by Gasteiger charge is -2.14. The number of carbonyl (C=O) groups excluding carboxylic acids is 2. The van der Waals surface area contributed by atoms with Crippen LogP contribution in [0.25, 0.3) is 5.82 Å². The molecule has 1 aromatic carbocycles. The van der Waals surface area contributed by atoms with E-state index in [2.05, 4.69) is 62.6 Å². The third-order valence-electron chi connectivity index (χ3n) is 4.14. The van der Waals surface area contributed by atoms with Crippen LogP contribution in [0.4, 0.5) is 5.69 Å². The van der Waals surface area contributed by atoms with Crippen molar-refractivity contribution in [2.24, 2.45) is 5.16 Å². The van der Waals surface area contributed by atoms with E-state index in [0.717, 1.165) is 0 Å². The van der Waals surface area contributed by atoms with Crippen molar-refractivity contribution in [2.75, 3.05) is 26.1 Å². The van der Waals surface area contributed by atoms with Gasteiger partial charge in [-0.2, -0.15) is 0 Å². The molecule has 0 bridgehead atoms. The largest absolute Gasteiger partial charge is 0.480 e. The number of anilines is 1. The first-order chi connectivity index (χ1) is 15.8. The van der Waals surface area contributed by atoms with E-state index in [1.54, 1.807) is 24.3 Å². The molecule has 172 valence electrons. The van der Waals surface area contributed by atoms with Crippen molar-refractivity contribution in [3.05, 3.63) is 61.8 Å². The van der Waals surface area contributed by atoms with Gasteiger partial charge in [-0.3, -0.25) is 9.59 Å². The first-order valence-electron chi connectivity index (χ1n) is 9.24. The Balaban J connectivity index is 1.97. The number of hydrogen-bond donors (Lipinski definition) is 2. The number of benzene rings is 1. The van der Waals surface area contributed by atoms with Crippen LogP contribution in [0.15, 0.2) is 50.6 Å². The highest BCUT2D eigenvalue weighted by atomic mass is 79.9. The highest BCUT2D eigenvalue weighted by Gasteiger charge is 2.23. The summed E-state index contributed by atoms with van der Waals surface area (Å²) in [5.74, 6) is -0.565. The minimum Gasteiger partial charge on any atom is -0.480 e. The molecule has 0 spiro atoms. The summed E-state index contributed by atoms with van der Waals surface area (Å²) in [6.07, 6.45) is 2.92. The van der Waals surface area contributed by atoms with E-state index >= 15 is 0 Å². The van der Waals surface area contributed by atoms with Gasteiger partial charge in [0, 0.05) is 21.2 Å². The summed E-state index contributed by atoms with van der Waals surface area (Å²) in [7, 11) is 2.82. The molecule has 3 rings (SSSR count). The first-order valence-corrected chi connectivity index (χ1v) is 11.2. The van der Waals surface area contributed by atoms with Gasteiger partial charge in [0.15, 0.2) is 5.82 Å². The minimum absolute atomic E-state index is 0.0980. The van der Waals surface area contributed by atoms with Crippen LogP contribution >= 0.6 is 43.5 Å². The third kappa shape index (κ3) is 5.89. The number of methoxy groups -OCH3 is 1. The van der Waals surface area contributed by atoms with Gasteiger partial charge in [0.2, 0.25) is 5.88 Å². The standard InChI is InChI=1S/C20H17Br2ClN6O4/c1-32-16-10-15(29(28-16)18-14(23)4-3-5-24-18)20(31)27-17-12(8-11(21)9-13(17)22)19(30)25-6-7-26-33-2/h3-5,7-10H,6H2,1-2H3,(H,25,30)(H,27,31)/b26-7+. The number of amides is 2. The average Bonchev–Trinajstić information content (AvgIpc) is 3.23. The van der Waals surface area contributed by atoms with E-state index < -0.39 is 11.8 Å².